The molecule has 0 bridgehead atoms. The molecule has 6 heteroatoms. The van der Waals surface area contributed by atoms with Crippen LogP contribution < -0.4 is 4.90 Å². The lowest BCUT2D eigenvalue weighted by Gasteiger charge is -2.39. The van der Waals surface area contributed by atoms with Crippen LogP contribution in [0.2, 0.25) is 0 Å². The number of amides is 1. The Morgan fingerprint density at radius 2 is 1.69 bits per heavy atom. The summed E-state index contributed by atoms with van der Waals surface area (Å²) in [4.78, 5) is 27.6. The Kier molecular flexibility index (Phi) is 8.79. The van der Waals surface area contributed by atoms with Crippen molar-refractivity contribution >= 4 is 11.6 Å². The van der Waals surface area contributed by atoms with E-state index >= 15 is 0 Å². The van der Waals surface area contributed by atoms with Gasteiger partial charge in [0.25, 0.3) is 5.91 Å². The van der Waals surface area contributed by atoms with E-state index in [9.17, 15) is 4.79 Å². The van der Waals surface area contributed by atoms with Crippen molar-refractivity contribution in [3.05, 3.63) is 59.4 Å². The fourth-order valence-corrected chi connectivity index (χ4v) is 5.08. The highest BCUT2D eigenvalue weighted by Crippen LogP contribution is 2.24. The SMILES string of the molecule is Cc1ccc(C(=O)N(Cc2ccc(N3CCN(C)CC3)cc2)C2CCN(CCC(C)C)CC2)nc1. The number of rotatable bonds is 8. The Bertz CT molecular complexity index is 927. The summed E-state index contributed by atoms with van der Waals surface area (Å²) in [5.41, 5.74) is 4.09. The molecule has 4 rings (SSSR count). The van der Waals surface area contributed by atoms with Crippen LogP contribution in [0.5, 0.6) is 0 Å². The van der Waals surface area contributed by atoms with Crippen LogP contribution in [0.4, 0.5) is 5.69 Å². The average molecular weight is 478 g/mol. The van der Waals surface area contributed by atoms with Crippen LogP contribution in [0, 0.1) is 12.8 Å². The number of anilines is 1. The van der Waals surface area contributed by atoms with Gasteiger partial charge in [-0.1, -0.05) is 32.0 Å². The minimum atomic E-state index is 0.0498. The van der Waals surface area contributed by atoms with Crippen molar-refractivity contribution in [2.45, 2.75) is 52.6 Å². The third-order valence-electron chi connectivity index (χ3n) is 7.57. The Morgan fingerprint density at radius 1 is 1.00 bits per heavy atom. The van der Waals surface area contributed by atoms with E-state index in [1.165, 1.54) is 17.7 Å². The smallest absolute Gasteiger partial charge is 0.272 e. The van der Waals surface area contributed by atoms with Crippen molar-refractivity contribution in [1.29, 1.82) is 0 Å². The van der Waals surface area contributed by atoms with Gasteiger partial charge in [-0.05, 0) is 75.0 Å². The molecule has 2 aliphatic heterocycles. The molecule has 2 saturated heterocycles. The van der Waals surface area contributed by atoms with E-state index in [0.717, 1.165) is 70.1 Å². The molecule has 0 saturated carbocycles. The van der Waals surface area contributed by atoms with Gasteiger partial charge in [-0.2, -0.15) is 0 Å². The first kappa shape index (κ1) is 25.6. The summed E-state index contributed by atoms with van der Waals surface area (Å²) in [6.45, 7) is 14.8. The summed E-state index contributed by atoms with van der Waals surface area (Å²) >= 11 is 0. The third-order valence-corrected chi connectivity index (χ3v) is 7.57. The molecule has 0 atom stereocenters. The number of hydrogen-bond donors (Lipinski definition) is 0. The average Bonchev–Trinajstić information content (AvgIpc) is 2.87. The molecule has 2 fully saturated rings. The van der Waals surface area contributed by atoms with Gasteiger partial charge in [0.2, 0.25) is 0 Å². The molecule has 0 unspecified atom stereocenters. The largest absolute Gasteiger partial charge is 0.369 e. The lowest BCUT2D eigenvalue weighted by molar-refractivity contribution is 0.0540. The van der Waals surface area contributed by atoms with E-state index in [-0.39, 0.29) is 11.9 Å². The fourth-order valence-electron chi connectivity index (χ4n) is 5.08. The normalized spacial score (nSPS) is 18.3. The molecule has 2 aliphatic rings. The second-order valence-corrected chi connectivity index (χ2v) is 10.9. The molecular formula is C29H43N5O. The van der Waals surface area contributed by atoms with E-state index in [4.69, 9.17) is 0 Å². The third kappa shape index (κ3) is 7.05. The van der Waals surface area contributed by atoms with Crippen LogP contribution >= 0.6 is 0 Å². The Morgan fingerprint density at radius 3 is 2.29 bits per heavy atom. The molecule has 0 aliphatic carbocycles. The van der Waals surface area contributed by atoms with Crippen LogP contribution in [-0.2, 0) is 6.54 Å². The van der Waals surface area contributed by atoms with E-state index in [1.807, 2.05) is 19.1 Å². The molecule has 0 spiro atoms. The number of carbonyl (C=O) groups excluding carboxylic acids is 1. The lowest BCUT2D eigenvalue weighted by Crippen LogP contribution is -2.47. The van der Waals surface area contributed by atoms with Gasteiger partial charge in [0.15, 0.2) is 0 Å². The molecule has 0 N–H and O–H groups in total. The van der Waals surface area contributed by atoms with Gasteiger partial charge in [0, 0.05) is 63.7 Å². The highest BCUT2D eigenvalue weighted by Gasteiger charge is 2.29. The van der Waals surface area contributed by atoms with Crippen molar-refractivity contribution in [3.63, 3.8) is 0 Å². The van der Waals surface area contributed by atoms with Crippen molar-refractivity contribution in [1.82, 2.24) is 19.7 Å². The van der Waals surface area contributed by atoms with Gasteiger partial charge in [0.1, 0.15) is 5.69 Å². The second kappa shape index (κ2) is 12.0. The van der Waals surface area contributed by atoms with Crippen LogP contribution in [0.25, 0.3) is 0 Å². The minimum absolute atomic E-state index is 0.0498. The minimum Gasteiger partial charge on any atom is -0.369 e. The Hall–Kier alpha value is -2.44. The number of carbonyl (C=O) groups is 1. The summed E-state index contributed by atoms with van der Waals surface area (Å²) in [7, 11) is 2.18. The number of likely N-dealkylation sites (N-methyl/N-ethyl adjacent to an activating group) is 1. The van der Waals surface area contributed by atoms with E-state index in [2.05, 4.69) is 69.7 Å². The molecule has 6 nitrogen and oxygen atoms in total. The molecule has 2 aromatic rings. The van der Waals surface area contributed by atoms with Gasteiger partial charge in [0.05, 0.1) is 0 Å². The first-order valence-electron chi connectivity index (χ1n) is 13.4. The number of pyridine rings is 1. The van der Waals surface area contributed by atoms with Crippen LogP contribution in [-0.4, -0.2) is 84.5 Å². The molecule has 3 heterocycles. The highest BCUT2D eigenvalue weighted by atomic mass is 16.2. The monoisotopic (exact) mass is 477 g/mol. The van der Waals surface area contributed by atoms with Gasteiger partial charge < -0.3 is 19.6 Å². The molecule has 35 heavy (non-hydrogen) atoms. The van der Waals surface area contributed by atoms with Crippen LogP contribution in [0.3, 0.4) is 0 Å². The molecule has 0 radical (unpaired) electrons. The number of aryl methyl sites for hydroxylation is 1. The summed E-state index contributed by atoms with van der Waals surface area (Å²) in [6, 6.07) is 13.0. The zero-order valence-electron chi connectivity index (χ0n) is 22.1. The van der Waals surface area contributed by atoms with Crippen molar-refractivity contribution in [2.75, 3.05) is 57.8 Å². The van der Waals surface area contributed by atoms with Gasteiger partial charge in [-0.15, -0.1) is 0 Å². The summed E-state index contributed by atoms with van der Waals surface area (Å²) in [6.07, 6.45) is 5.08. The summed E-state index contributed by atoms with van der Waals surface area (Å²) in [5, 5.41) is 0. The quantitative estimate of drug-likeness (QED) is 0.567. The molecule has 190 valence electrons. The number of nitrogens with zero attached hydrogens (tertiary/aromatic N) is 5. The molecule has 1 aromatic carbocycles. The highest BCUT2D eigenvalue weighted by molar-refractivity contribution is 5.92. The molecular weight excluding hydrogens is 434 g/mol. The van der Waals surface area contributed by atoms with Gasteiger partial charge in [-0.3, -0.25) is 9.78 Å². The number of piperazine rings is 1. The lowest BCUT2D eigenvalue weighted by atomic mass is 10.0. The maximum atomic E-state index is 13.6. The van der Waals surface area contributed by atoms with Crippen LogP contribution in [0.15, 0.2) is 42.6 Å². The maximum absolute atomic E-state index is 13.6. The number of piperidine rings is 1. The van der Waals surface area contributed by atoms with Crippen LogP contribution in [0.1, 0.15) is 54.7 Å². The standard InChI is InChI=1S/C29H43N5O/c1-23(2)11-14-32-15-12-27(13-16-32)34(29(35)28-10-5-24(3)21-30-28)22-25-6-8-26(9-7-25)33-19-17-31(4)18-20-33/h5-10,21,23,27H,11-20,22H2,1-4H3. The summed E-state index contributed by atoms with van der Waals surface area (Å²) < 4.78 is 0. The number of aromatic nitrogens is 1. The first-order chi connectivity index (χ1) is 16.9. The molecule has 1 aromatic heterocycles. The van der Waals surface area contributed by atoms with E-state index in [0.29, 0.717) is 12.2 Å². The number of benzene rings is 1. The topological polar surface area (TPSA) is 42.9 Å². The predicted molar refractivity (Wildman–Crippen MR) is 144 cm³/mol. The van der Waals surface area contributed by atoms with E-state index in [1.54, 1.807) is 6.20 Å². The van der Waals surface area contributed by atoms with Crippen molar-refractivity contribution in [2.24, 2.45) is 5.92 Å². The fraction of sp³-hybridized carbons (Fsp3) is 0.586. The van der Waals surface area contributed by atoms with Gasteiger partial charge in [-0.25, -0.2) is 0 Å². The van der Waals surface area contributed by atoms with E-state index < -0.39 is 0 Å². The second-order valence-electron chi connectivity index (χ2n) is 10.9. The first-order valence-corrected chi connectivity index (χ1v) is 13.4. The zero-order chi connectivity index (χ0) is 24.8. The predicted octanol–water partition coefficient (Wildman–Crippen LogP) is 4.29. The Balaban J connectivity index is 1.45. The number of likely N-dealkylation sites (tertiary alicyclic amines) is 1. The van der Waals surface area contributed by atoms with Gasteiger partial charge >= 0.3 is 0 Å². The maximum Gasteiger partial charge on any atom is 0.272 e. The number of hydrogen-bond acceptors (Lipinski definition) is 5. The van der Waals surface area contributed by atoms with Crippen molar-refractivity contribution in [3.8, 4) is 0 Å². The zero-order valence-corrected chi connectivity index (χ0v) is 22.1. The summed E-state index contributed by atoms with van der Waals surface area (Å²) in [5.74, 6) is 0.779. The van der Waals surface area contributed by atoms with Crippen molar-refractivity contribution < 1.29 is 4.79 Å². The Labute approximate surface area is 211 Å². The molecule has 1 amide bonds.